The zero-order chi connectivity index (χ0) is 21.2. The minimum Gasteiger partial charge on any atom is -0.495 e. The number of ether oxygens (including phenoxy) is 1. The predicted molar refractivity (Wildman–Crippen MR) is 115 cm³/mol. The van der Waals surface area contributed by atoms with Crippen molar-refractivity contribution in [2.75, 3.05) is 25.5 Å². The average molecular weight is 478 g/mol. The van der Waals surface area contributed by atoms with Crippen LogP contribution >= 0.6 is 34.8 Å². The molecule has 1 fully saturated rings. The summed E-state index contributed by atoms with van der Waals surface area (Å²) < 4.78 is 32.6. The number of carbonyl (C=O) groups is 1. The van der Waals surface area contributed by atoms with E-state index in [1.54, 1.807) is 24.3 Å². The molecular formula is C19H19Cl3N2O4S. The second-order valence-corrected chi connectivity index (χ2v) is 9.84. The van der Waals surface area contributed by atoms with Crippen molar-refractivity contribution in [2.24, 2.45) is 5.92 Å². The molecule has 1 aliphatic heterocycles. The van der Waals surface area contributed by atoms with Gasteiger partial charge >= 0.3 is 0 Å². The van der Waals surface area contributed by atoms with Crippen molar-refractivity contribution in [3.8, 4) is 5.75 Å². The molecule has 2 aromatic rings. The number of sulfonamides is 1. The average Bonchev–Trinajstić information content (AvgIpc) is 2.67. The van der Waals surface area contributed by atoms with E-state index in [2.05, 4.69) is 5.32 Å². The fourth-order valence-electron chi connectivity index (χ4n) is 3.22. The minimum atomic E-state index is -3.79. The lowest BCUT2D eigenvalue weighted by Crippen LogP contribution is -2.41. The molecule has 156 valence electrons. The Morgan fingerprint density at radius 3 is 2.24 bits per heavy atom. The summed E-state index contributed by atoms with van der Waals surface area (Å²) in [5, 5.41) is 3.94. The molecular weight excluding hydrogens is 459 g/mol. The summed E-state index contributed by atoms with van der Waals surface area (Å²) in [6.07, 6.45) is 0.782. The van der Waals surface area contributed by atoms with Crippen molar-refractivity contribution in [1.29, 1.82) is 0 Å². The van der Waals surface area contributed by atoms with E-state index < -0.39 is 10.0 Å². The lowest BCUT2D eigenvalue weighted by molar-refractivity contribution is -0.120. The Bertz CT molecular complexity index is 1000. The zero-order valence-corrected chi connectivity index (χ0v) is 18.6. The Labute approximate surface area is 184 Å². The molecule has 1 aliphatic rings. The Morgan fingerprint density at radius 2 is 1.66 bits per heavy atom. The summed E-state index contributed by atoms with van der Waals surface area (Å²) in [5.41, 5.74) is 0.506. The smallest absolute Gasteiger partial charge is 0.246 e. The maximum Gasteiger partial charge on any atom is 0.246 e. The number of nitrogens with zero attached hydrogens (tertiary/aromatic N) is 1. The number of nitrogens with one attached hydrogen (secondary N) is 1. The van der Waals surface area contributed by atoms with Gasteiger partial charge in [-0.3, -0.25) is 4.79 Å². The fourth-order valence-corrected chi connectivity index (χ4v) is 5.63. The first-order valence-corrected chi connectivity index (χ1v) is 11.4. The predicted octanol–water partition coefficient (Wildman–Crippen LogP) is 4.69. The van der Waals surface area contributed by atoms with Crippen LogP contribution in [0.3, 0.4) is 0 Å². The maximum atomic E-state index is 13.0. The van der Waals surface area contributed by atoms with E-state index in [4.69, 9.17) is 39.5 Å². The number of hydrogen-bond acceptors (Lipinski definition) is 4. The van der Waals surface area contributed by atoms with Crippen LogP contribution in [0.5, 0.6) is 5.75 Å². The highest BCUT2D eigenvalue weighted by molar-refractivity contribution is 7.89. The van der Waals surface area contributed by atoms with E-state index in [0.29, 0.717) is 33.6 Å². The van der Waals surface area contributed by atoms with Crippen LogP contribution in [0.2, 0.25) is 15.1 Å². The van der Waals surface area contributed by atoms with E-state index >= 15 is 0 Å². The van der Waals surface area contributed by atoms with Gasteiger partial charge in [0.2, 0.25) is 15.9 Å². The molecule has 1 amide bonds. The summed E-state index contributed by atoms with van der Waals surface area (Å²) in [6.45, 7) is 0.429. The van der Waals surface area contributed by atoms with Crippen LogP contribution < -0.4 is 10.1 Å². The summed E-state index contributed by atoms with van der Waals surface area (Å²) in [5.74, 6) is -0.284. The molecule has 1 heterocycles. The number of anilines is 1. The molecule has 29 heavy (non-hydrogen) atoms. The first kappa shape index (κ1) is 22.2. The third kappa shape index (κ3) is 5.16. The van der Waals surface area contributed by atoms with E-state index in [0.717, 1.165) is 0 Å². The first-order chi connectivity index (χ1) is 13.7. The normalized spacial score (nSPS) is 15.9. The van der Waals surface area contributed by atoms with Crippen molar-refractivity contribution < 1.29 is 17.9 Å². The molecule has 0 atom stereocenters. The summed E-state index contributed by atoms with van der Waals surface area (Å²) in [7, 11) is -2.39. The molecule has 0 bridgehead atoms. The number of benzene rings is 2. The van der Waals surface area contributed by atoms with E-state index in [9.17, 15) is 13.2 Å². The molecule has 6 nitrogen and oxygen atoms in total. The number of halogens is 3. The van der Waals surface area contributed by atoms with Gasteiger partial charge in [0.05, 0.1) is 7.11 Å². The highest BCUT2D eigenvalue weighted by Crippen LogP contribution is 2.32. The second kappa shape index (κ2) is 9.10. The highest BCUT2D eigenvalue weighted by atomic mass is 35.5. The van der Waals surface area contributed by atoms with Gasteiger partial charge in [-0.15, -0.1) is 0 Å². The van der Waals surface area contributed by atoms with E-state index in [-0.39, 0.29) is 35.6 Å². The lowest BCUT2D eigenvalue weighted by Gasteiger charge is -2.31. The standard InChI is InChI=1S/C19H19Cl3N2O4S/c1-28-17-3-2-13(20)11-18(17)29(26,27)24-6-4-12(5-7-24)19(25)23-16-9-14(21)8-15(22)10-16/h2-3,8-12H,4-7H2,1H3,(H,23,25). The van der Waals surface area contributed by atoms with Crippen LogP contribution in [0.25, 0.3) is 0 Å². The van der Waals surface area contributed by atoms with Crippen LogP contribution in [0.15, 0.2) is 41.3 Å². The van der Waals surface area contributed by atoms with Crippen molar-refractivity contribution >= 4 is 56.4 Å². The van der Waals surface area contributed by atoms with Gasteiger partial charge in [0.1, 0.15) is 10.6 Å². The van der Waals surface area contributed by atoms with Crippen LogP contribution in [0, 0.1) is 5.92 Å². The summed E-state index contributed by atoms with van der Waals surface area (Å²) in [4.78, 5) is 12.6. The van der Waals surface area contributed by atoms with Crippen LogP contribution in [-0.2, 0) is 14.8 Å². The Hall–Kier alpha value is -1.51. The van der Waals surface area contributed by atoms with Crippen molar-refractivity contribution in [3.63, 3.8) is 0 Å². The molecule has 3 rings (SSSR count). The molecule has 0 aromatic heterocycles. The number of amides is 1. The first-order valence-electron chi connectivity index (χ1n) is 8.81. The quantitative estimate of drug-likeness (QED) is 0.677. The van der Waals surface area contributed by atoms with Gasteiger partial charge in [0, 0.05) is 39.8 Å². The van der Waals surface area contributed by atoms with Gasteiger partial charge < -0.3 is 10.1 Å². The highest BCUT2D eigenvalue weighted by Gasteiger charge is 2.34. The molecule has 0 unspecified atom stereocenters. The molecule has 0 radical (unpaired) electrons. The Morgan fingerprint density at radius 1 is 1.03 bits per heavy atom. The largest absolute Gasteiger partial charge is 0.495 e. The van der Waals surface area contributed by atoms with Crippen molar-refractivity contribution in [3.05, 3.63) is 51.5 Å². The van der Waals surface area contributed by atoms with Gasteiger partial charge in [-0.1, -0.05) is 34.8 Å². The molecule has 0 spiro atoms. The number of carbonyl (C=O) groups excluding carboxylic acids is 1. The Kier molecular flexibility index (Phi) is 6.96. The van der Waals surface area contributed by atoms with Crippen molar-refractivity contribution in [2.45, 2.75) is 17.7 Å². The molecule has 0 aliphatic carbocycles. The molecule has 1 saturated heterocycles. The lowest BCUT2D eigenvalue weighted by atomic mass is 9.97. The van der Waals surface area contributed by atoms with Gasteiger partial charge in [-0.25, -0.2) is 8.42 Å². The topological polar surface area (TPSA) is 75.7 Å². The van der Waals surface area contributed by atoms with Crippen molar-refractivity contribution in [1.82, 2.24) is 4.31 Å². The summed E-state index contributed by atoms with van der Waals surface area (Å²) in [6, 6.07) is 9.25. The van der Waals surface area contributed by atoms with Crippen LogP contribution in [0.4, 0.5) is 5.69 Å². The van der Waals surface area contributed by atoms with Gasteiger partial charge in [0.25, 0.3) is 0 Å². The minimum absolute atomic E-state index is 0.0176. The molecule has 10 heteroatoms. The number of rotatable bonds is 5. The second-order valence-electron chi connectivity index (χ2n) is 6.62. The van der Waals surface area contributed by atoms with Gasteiger partial charge in [-0.05, 0) is 49.2 Å². The Balaban J connectivity index is 1.68. The zero-order valence-electron chi connectivity index (χ0n) is 15.5. The number of piperidine rings is 1. The van der Waals surface area contributed by atoms with Crippen LogP contribution in [0.1, 0.15) is 12.8 Å². The van der Waals surface area contributed by atoms with Gasteiger partial charge in [-0.2, -0.15) is 4.31 Å². The fraction of sp³-hybridized carbons (Fsp3) is 0.316. The van der Waals surface area contributed by atoms with E-state index in [1.807, 2.05) is 0 Å². The SMILES string of the molecule is COc1ccc(Cl)cc1S(=O)(=O)N1CCC(C(=O)Nc2cc(Cl)cc(Cl)c2)CC1. The third-order valence-electron chi connectivity index (χ3n) is 4.70. The number of hydrogen-bond donors (Lipinski definition) is 1. The van der Waals surface area contributed by atoms with Crippen LogP contribution in [-0.4, -0.2) is 38.8 Å². The molecule has 2 aromatic carbocycles. The monoisotopic (exact) mass is 476 g/mol. The maximum absolute atomic E-state index is 13.0. The molecule has 0 saturated carbocycles. The molecule has 1 N–H and O–H groups in total. The third-order valence-corrected chi connectivity index (χ3v) is 7.29. The van der Waals surface area contributed by atoms with E-state index in [1.165, 1.54) is 23.5 Å². The van der Waals surface area contributed by atoms with Gasteiger partial charge in [0.15, 0.2) is 0 Å². The summed E-state index contributed by atoms with van der Waals surface area (Å²) >= 11 is 17.9. The number of methoxy groups -OCH3 is 1.